The summed E-state index contributed by atoms with van der Waals surface area (Å²) in [6.07, 6.45) is 3.21. The first-order valence-electron chi connectivity index (χ1n) is 6.67. The minimum atomic E-state index is -0.533. The molecule has 0 aliphatic rings. The highest BCUT2D eigenvalue weighted by molar-refractivity contribution is 7.15. The fourth-order valence-electron chi connectivity index (χ4n) is 1.67. The molecule has 6 nitrogen and oxygen atoms in total. The first kappa shape index (κ1) is 15.7. The number of nitrogens with one attached hydrogen (secondary N) is 1. The van der Waals surface area contributed by atoms with Gasteiger partial charge in [0.05, 0.1) is 0 Å². The second-order valence-electron chi connectivity index (χ2n) is 4.47. The summed E-state index contributed by atoms with van der Waals surface area (Å²) in [5.74, 6) is -0.410. The van der Waals surface area contributed by atoms with Gasteiger partial charge in [0, 0.05) is 6.42 Å². The standard InChI is InChI=1S/C15H14N4O2S/c1-2-3-13-18-19-15(22-13)17-14(21)11(9-16)8-10-4-6-12(20)7-5-10/h4-8,20H,2-3H2,1H3,(H,17,19,21)/b11-8+. The smallest absolute Gasteiger partial charge is 0.268 e. The van der Waals surface area contributed by atoms with Crippen LogP contribution in [-0.4, -0.2) is 21.2 Å². The molecule has 1 amide bonds. The molecule has 2 rings (SSSR count). The molecule has 22 heavy (non-hydrogen) atoms. The van der Waals surface area contributed by atoms with Gasteiger partial charge in [-0.2, -0.15) is 5.26 Å². The van der Waals surface area contributed by atoms with E-state index in [0.29, 0.717) is 10.7 Å². The van der Waals surface area contributed by atoms with E-state index in [1.807, 2.05) is 13.0 Å². The summed E-state index contributed by atoms with van der Waals surface area (Å²) in [6, 6.07) is 8.06. The van der Waals surface area contributed by atoms with Crippen LogP contribution in [0.3, 0.4) is 0 Å². The van der Waals surface area contributed by atoms with E-state index in [1.54, 1.807) is 12.1 Å². The molecular weight excluding hydrogens is 300 g/mol. The van der Waals surface area contributed by atoms with Crippen molar-refractivity contribution in [1.29, 1.82) is 5.26 Å². The zero-order chi connectivity index (χ0) is 15.9. The Bertz CT molecular complexity index is 729. The SMILES string of the molecule is CCCc1nnc(NC(=O)/C(C#N)=C/c2ccc(O)cc2)s1. The van der Waals surface area contributed by atoms with Crippen molar-refractivity contribution < 1.29 is 9.90 Å². The first-order valence-corrected chi connectivity index (χ1v) is 7.48. The number of carbonyl (C=O) groups excluding carboxylic acids is 1. The lowest BCUT2D eigenvalue weighted by atomic mass is 10.1. The molecule has 1 heterocycles. The Labute approximate surface area is 131 Å². The van der Waals surface area contributed by atoms with Crippen LogP contribution in [0.4, 0.5) is 5.13 Å². The number of nitriles is 1. The number of phenolic OH excluding ortho intramolecular Hbond substituents is 1. The zero-order valence-corrected chi connectivity index (χ0v) is 12.7. The van der Waals surface area contributed by atoms with Gasteiger partial charge in [0.2, 0.25) is 5.13 Å². The Morgan fingerprint density at radius 3 is 2.77 bits per heavy atom. The molecule has 0 fully saturated rings. The number of nitrogens with zero attached hydrogens (tertiary/aromatic N) is 3. The van der Waals surface area contributed by atoms with Crippen molar-refractivity contribution in [2.75, 3.05) is 5.32 Å². The number of benzene rings is 1. The lowest BCUT2D eigenvalue weighted by Gasteiger charge is -2.00. The molecule has 1 aromatic carbocycles. The lowest BCUT2D eigenvalue weighted by Crippen LogP contribution is -2.13. The monoisotopic (exact) mass is 314 g/mol. The van der Waals surface area contributed by atoms with Crippen molar-refractivity contribution in [2.24, 2.45) is 0 Å². The van der Waals surface area contributed by atoms with Gasteiger partial charge in [-0.15, -0.1) is 10.2 Å². The highest BCUT2D eigenvalue weighted by Gasteiger charge is 2.12. The van der Waals surface area contributed by atoms with E-state index in [4.69, 9.17) is 5.26 Å². The molecule has 1 aromatic heterocycles. The number of hydrogen-bond donors (Lipinski definition) is 2. The quantitative estimate of drug-likeness (QED) is 0.653. The zero-order valence-electron chi connectivity index (χ0n) is 11.9. The van der Waals surface area contributed by atoms with E-state index in [9.17, 15) is 9.90 Å². The highest BCUT2D eigenvalue weighted by atomic mass is 32.1. The third-order valence-electron chi connectivity index (χ3n) is 2.72. The summed E-state index contributed by atoms with van der Waals surface area (Å²) >= 11 is 1.30. The van der Waals surface area contributed by atoms with Crippen LogP contribution < -0.4 is 5.32 Å². The van der Waals surface area contributed by atoms with Crippen molar-refractivity contribution in [1.82, 2.24) is 10.2 Å². The molecule has 0 atom stereocenters. The van der Waals surface area contributed by atoms with Crippen LogP contribution >= 0.6 is 11.3 Å². The van der Waals surface area contributed by atoms with Crippen LogP contribution in [0.1, 0.15) is 23.9 Å². The maximum atomic E-state index is 12.1. The normalized spacial score (nSPS) is 11.0. The largest absolute Gasteiger partial charge is 0.508 e. The lowest BCUT2D eigenvalue weighted by molar-refractivity contribution is -0.112. The highest BCUT2D eigenvalue weighted by Crippen LogP contribution is 2.18. The Morgan fingerprint density at radius 1 is 1.41 bits per heavy atom. The Balaban J connectivity index is 2.11. The van der Waals surface area contributed by atoms with Gasteiger partial charge in [-0.1, -0.05) is 30.4 Å². The van der Waals surface area contributed by atoms with Crippen molar-refractivity contribution in [3.05, 3.63) is 40.4 Å². The number of phenols is 1. The van der Waals surface area contributed by atoms with Crippen LogP contribution in [-0.2, 0) is 11.2 Å². The number of anilines is 1. The van der Waals surface area contributed by atoms with E-state index < -0.39 is 5.91 Å². The molecule has 0 aliphatic heterocycles. The predicted octanol–water partition coefficient (Wildman–Crippen LogP) is 2.74. The minimum Gasteiger partial charge on any atom is -0.508 e. The van der Waals surface area contributed by atoms with Crippen molar-refractivity contribution in [3.8, 4) is 11.8 Å². The molecule has 112 valence electrons. The van der Waals surface area contributed by atoms with Crippen LogP contribution in [0.25, 0.3) is 6.08 Å². The Hall–Kier alpha value is -2.72. The van der Waals surface area contributed by atoms with Gasteiger partial charge >= 0.3 is 0 Å². The van der Waals surface area contributed by atoms with E-state index >= 15 is 0 Å². The fraction of sp³-hybridized carbons (Fsp3) is 0.200. The number of aromatic hydroxyl groups is 1. The number of rotatable bonds is 5. The van der Waals surface area contributed by atoms with E-state index in [2.05, 4.69) is 15.5 Å². The van der Waals surface area contributed by atoms with Gasteiger partial charge in [0.25, 0.3) is 5.91 Å². The summed E-state index contributed by atoms with van der Waals surface area (Å²) in [5.41, 5.74) is 0.603. The van der Waals surface area contributed by atoms with Gasteiger partial charge in [0.15, 0.2) is 0 Å². The minimum absolute atomic E-state index is 0.0436. The van der Waals surface area contributed by atoms with Crippen LogP contribution in [0.15, 0.2) is 29.8 Å². The molecule has 0 radical (unpaired) electrons. The summed E-state index contributed by atoms with van der Waals surface area (Å²) in [5, 5.41) is 30.0. The van der Waals surface area contributed by atoms with Crippen molar-refractivity contribution in [3.63, 3.8) is 0 Å². The van der Waals surface area contributed by atoms with Crippen LogP contribution in [0.5, 0.6) is 5.75 Å². The summed E-state index contributed by atoms with van der Waals surface area (Å²) in [7, 11) is 0. The van der Waals surface area contributed by atoms with Gasteiger partial charge in [-0.3, -0.25) is 10.1 Å². The number of aryl methyl sites for hydroxylation is 1. The molecule has 2 aromatic rings. The molecule has 0 aliphatic carbocycles. The van der Waals surface area contributed by atoms with Crippen LogP contribution in [0, 0.1) is 11.3 Å². The molecule has 0 bridgehead atoms. The maximum Gasteiger partial charge on any atom is 0.268 e. The van der Waals surface area contributed by atoms with Gasteiger partial charge < -0.3 is 5.11 Å². The van der Waals surface area contributed by atoms with Gasteiger partial charge in [0.1, 0.15) is 22.4 Å². The molecule has 0 spiro atoms. The van der Waals surface area contributed by atoms with Gasteiger partial charge in [-0.25, -0.2) is 0 Å². The van der Waals surface area contributed by atoms with E-state index in [1.165, 1.54) is 29.5 Å². The summed E-state index contributed by atoms with van der Waals surface area (Å²) < 4.78 is 0. The predicted molar refractivity (Wildman–Crippen MR) is 84.2 cm³/mol. The second kappa shape index (κ2) is 7.33. The number of hydrogen-bond acceptors (Lipinski definition) is 6. The third-order valence-corrected chi connectivity index (χ3v) is 3.62. The molecular formula is C15H14N4O2S. The van der Waals surface area contributed by atoms with E-state index in [-0.39, 0.29) is 11.3 Å². The Kier molecular flexibility index (Phi) is 5.22. The van der Waals surface area contributed by atoms with Crippen molar-refractivity contribution >= 4 is 28.5 Å². The second-order valence-corrected chi connectivity index (χ2v) is 5.53. The average molecular weight is 314 g/mol. The van der Waals surface area contributed by atoms with Crippen molar-refractivity contribution in [2.45, 2.75) is 19.8 Å². The third kappa shape index (κ3) is 4.14. The van der Waals surface area contributed by atoms with E-state index in [0.717, 1.165) is 17.8 Å². The Morgan fingerprint density at radius 2 is 2.14 bits per heavy atom. The maximum absolute atomic E-state index is 12.1. The summed E-state index contributed by atoms with van der Waals surface area (Å²) in [6.45, 7) is 2.04. The van der Waals surface area contributed by atoms with Gasteiger partial charge in [-0.05, 0) is 30.2 Å². The number of amides is 1. The molecule has 0 saturated carbocycles. The number of aromatic nitrogens is 2. The molecule has 2 N–H and O–H groups in total. The molecule has 0 unspecified atom stereocenters. The topological polar surface area (TPSA) is 98.9 Å². The first-order chi connectivity index (χ1) is 10.6. The molecule has 7 heteroatoms. The summed E-state index contributed by atoms with van der Waals surface area (Å²) in [4.78, 5) is 12.1. The van der Waals surface area contributed by atoms with Crippen LogP contribution in [0.2, 0.25) is 0 Å². The number of carbonyl (C=O) groups is 1. The fourth-order valence-corrected chi connectivity index (χ4v) is 2.51. The molecule has 0 saturated heterocycles. The average Bonchev–Trinajstić information content (AvgIpc) is 2.94.